The van der Waals surface area contributed by atoms with E-state index in [1.807, 2.05) is 26.0 Å². The predicted octanol–water partition coefficient (Wildman–Crippen LogP) is 4.21. The number of halogens is 1. The Balaban J connectivity index is 1.61. The van der Waals surface area contributed by atoms with Crippen LogP contribution in [0.2, 0.25) is 0 Å². The number of hydrogen-bond acceptors (Lipinski definition) is 4. The zero-order valence-electron chi connectivity index (χ0n) is 17.2. The van der Waals surface area contributed by atoms with E-state index < -0.39 is 5.82 Å². The predicted molar refractivity (Wildman–Crippen MR) is 115 cm³/mol. The number of benzene rings is 2. The lowest BCUT2D eigenvalue weighted by atomic mass is 10.0. The summed E-state index contributed by atoms with van der Waals surface area (Å²) < 4.78 is 13.5. The highest BCUT2D eigenvalue weighted by molar-refractivity contribution is 5.94. The van der Waals surface area contributed by atoms with Crippen molar-refractivity contribution in [1.29, 1.82) is 5.26 Å². The lowest BCUT2D eigenvalue weighted by Gasteiger charge is -2.24. The third-order valence-corrected chi connectivity index (χ3v) is 5.54. The molecule has 30 heavy (non-hydrogen) atoms. The van der Waals surface area contributed by atoms with Crippen molar-refractivity contribution >= 4 is 22.6 Å². The molecule has 0 N–H and O–H groups in total. The van der Waals surface area contributed by atoms with Crippen LogP contribution in [0, 0.1) is 31.0 Å². The van der Waals surface area contributed by atoms with Gasteiger partial charge in [-0.15, -0.1) is 0 Å². The van der Waals surface area contributed by atoms with E-state index in [2.05, 4.69) is 17.0 Å². The Hall–Kier alpha value is -3.46. The molecule has 1 saturated heterocycles. The Kier molecular flexibility index (Phi) is 5.37. The molecule has 1 aromatic heterocycles. The topological polar surface area (TPSA) is 60.2 Å². The number of hydrogen-bond donors (Lipinski definition) is 0. The van der Waals surface area contributed by atoms with Crippen LogP contribution in [-0.2, 0) is 0 Å². The highest BCUT2D eigenvalue weighted by Gasteiger charge is 2.23. The van der Waals surface area contributed by atoms with Crippen molar-refractivity contribution in [3.8, 4) is 6.07 Å². The number of fused-ring (bicyclic) bond motifs is 1. The quantitative estimate of drug-likeness (QED) is 0.644. The number of aromatic nitrogens is 1. The van der Waals surface area contributed by atoms with Gasteiger partial charge >= 0.3 is 0 Å². The second-order valence-electron chi connectivity index (χ2n) is 7.76. The van der Waals surface area contributed by atoms with E-state index in [0.29, 0.717) is 43.1 Å². The zero-order chi connectivity index (χ0) is 21.3. The number of pyridine rings is 1. The van der Waals surface area contributed by atoms with Crippen LogP contribution in [0.15, 0.2) is 42.5 Å². The van der Waals surface area contributed by atoms with Crippen molar-refractivity contribution in [1.82, 2.24) is 9.88 Å². The standard InChI is InChI=1S/C24H23FN4O/c1-16-11-17(2)21-14-19(15-26)23(27-22(21)12-16)28-7-4-8-29(10-9-28)24(30)18-5-3-6-20(25)13-18/h3,5-6,11-14H,4,7-10H2,1-2H3. The molecule has 1 fully saturated rings. The van der Waals surface area contributed by atoms with Crippen molar-refractivity contribution in [2.24, 2.45) is 0 Å². The third kappa shape index (κ3) is 3.84. The van der Waals surface area contributed by atoms with E-state index in [4.69, 9.17) is 4.98 Å². The van der Waals surface area contributed by atoms with Crippen LogP contribution in [0.25, 0.3) is 10.9 Å². The number of nitriles is 1. The maximum Gasteiger partial charge on any atom is 0.254 e. The molecule has 0 spiro atoms. The van der Waals surface area contributed by atoms with Crippen molar-refractivity contribution in [3.05, 3.63) is 70.5 Å². The molecule has 0 atom stereocenters. The average molecular weight is 402 g/mol. The summed E-state index contributed by atoms with van der Waals surface area (Å²) in [5.41, 5.74) is 4.00. The van der Waals surface area contributed by atoms with E-state index in [1.54, 1.807) is 17.0 Å². The number of aryl methyl sites for hydroxylation is 2. The molecule has 6 heteroatoms. The fourth-order valence-corrected chi connectivity index (χ4v) is 4.08. The van der Waals surface area contributed by atoms with E-state index in [0.717, 1.165) is 28.5 Å². The summed E-state index contributed by atoms with van der Waals surface area (Å²) in [4.78, 5) is 21.4. The number of nitrogens with zero attached hydrogens (tertiary/aromatic N) is 4. The summed E-state index contributed by atoms with van der Waals surface area (Å²) in [6.07, 6.45) is 0.748. The first kappa shape index (κ1) is 19.8. The minimum atomic E-state index is -0.415. The van der Waals surface area contributed by atoms with Crippen LogP contribution >= 0.6 is 0 Å². The molecule has 0 saturated carbocycles. The molecule has 4 rings (SSSR count). The lowest BCUT2D eigenvalue weighted by Crippen LogP contribution is -2.35. The molecule has 1 amide bonds. The summed E-state index contributed by atoms with van der Waals surface area (Å²) in [5, 5.41) is 10.7. The van der Waals surface area contributed by atoms with Gasteiger partial charge in [-0.05, 0) is 61.7 Å². The fraction of sp³-hybridized carbons (Fsp3) is 0.292. The normalized spacial score (nSPS) is 14.5. The fourth-order valence-electron chi connectivity index (χ4n) is 4.08. The van der Waals surface area contributed by atoms with E-state index in [9.17, 15) is 14.4 Å². The molecule has 1 aliphatic rings. The second-order valence-corrected chi connectivity index (χ2v) is 7.76. The summed E-state index contributed by atoms with van der Waals surface area (Å²) in [7, 11) is 0. The highest BCUT2D eigenvalue weighted by atomic mass is 19.1. The number of carbonyl (C=O) groups is 1. The molecular formula is C24H23FN4O. The first-order chi connectivity index (χ1) is 14.5. The monoisotopic (exact) mass is 402 g/mol. The highest BCUT2D eigenvalue weighted by Crippen LogP contribution is 2.27. The molecule has 0 unspecified atom stereocenters. The summed E-state index contributed by atoms with van der Waals surface area (Å²) in [6, 6.07) is 14.1. The minimum Gasteiger partial charge on any atom is -0.354 e. The minimum absolute atomic E-state index is 0.172. The maximum atomic E-state index is 13.5. The molecule has 1 aliphatic heterocycles. The van der Waals surface area contributed by atoms with E-state index in [-0.39, 0.29) is 5.91 Å². The largest absolute Gasteiger partial charge is 0.354 e. The number of rotatable bonds is 2. The van der Waals surface area contributed by atoms with Gasteiger partial charge in [0, 0.05) is 37.1 Å². The van der Waals surface area contributed by atoms with Gasteiger partial charge < -0.3 is 9.80 Å². The molecule has 3 aromatic rings. The van der Waals surface area contributed by atoms with Gasteiger partial charge in [0.05, 0.1) is 11.1 Å². The van der Waals surface area contributed by atoms with Gasteiger partial charge in [0.25, 0.3) is 5.91 Å². The SMILES string of the molecule is Cc1cc(C)c2cc(C#N)c(N3CCCN(C(=O)c4cccc(F)c4)CC3)nc2c1. The molecule has 2 aromatic carbocycles. The Morgan fingerprint density at radius 3 is 2.70 bits per heavy atom. The lowest BCUT2D eigenvalue weighted by molar-refractivity contribution is 0.0766. The first-order valence-electron chi connectivity index (χ1n) is 10.1. The van der Waals surface area contributed by atoms with Gasteiger partial charge in [-0.25, -0.2) is 9.37 Å². The van der Waals surface area contributed by atoms with Gasteiger partial charge in [0.15, 0.2) is 0 Å². The van der Waals surface area contributed by atoms with Crippen molar-refractivity contribution in [2.75, 3.05) is 31.1 Å². The number of carbonyl (C=O) groups excluding carboxylic acids is 1. The van der Waals surface area contributed by atoms with Crippen molar-refractivity contribution < 1.29 is 9.18 Å². The number of amides is 1. The van der Waals surface area contributed by atoms with Gasteiger partial charge in [0.1, 0.15) is 17.7 Å². The summed E-state index contributed by atoms with van der Waals surface area (Å²) in [5.74, 6) is 0.0755. The van der Waals surface area contributed by atoms with Gasteiger partial charge in [-0.2, -0.15) is 5.26 Å². The van der Waals surface area contributed by atoms with Crippen LogP contribution in [0.4, 0.5) is 10.2 Å². The number of anilines is 1. The average Bonchev–Trinajstić information content (AvgIpc) is 2.98. The Morgan fingerprint density at radius 1 is 1.10 bits per heavy atom. The molecule has 152 valence electrons. The van der Waals surface area contributed by atoms with E-state index in [1.165, 1.54) is 12.1 Å². The van der Waals surface area contributed by atoms with Crippen LogP contribution in [-0.4, -0.2) is 42.0 Å². The first-order valence-corrected chi connectivity index (χ1v) is 10.1. The zero-order valence-corrected chi connectivity index (χ0v) is 17.2. The smallest absolute Gasteiger partial charge is 0.254 e. The summed E-state index contributed by atoms with van der Waals surface area (Å²) >= 11 is 0. The van der Waals surface area contributed by atoms with Crippen LogP contribution in [0.3, 0.4) is 0 Å². The second kappa shape index (κ2) is 8.11. The van der Waals surface area contributed by atoms with Gasteiger partial charge in [-0.1, -0.05) is 12.1 Å². The molecule has 0 bridgehead atoms. The molecule has 0 aliphatic carbocycles. The third-order valence-electron chi connectivity index (χ3n) is 5.54. The van der Waals surface area contributed by atoms with Crippen LogP contribution in [0.5, 0.6) is 0 Å². The molecule has 5 nitrogen and oxygen atoms in total. The van der Waals surface area contributed by atoms with Gasteiger partial charge in [-0.3, -0.25) is 4.79 Å². The van der Waals surface area contributed by atoms with Crippen LogP contribution < -0.4 is 4.90 Å². The maximum absolute atomic E-state index is 13.5. The Bertz CT molecular complexity index is 1170. The molecular weight excluding hydrogens is 379 g/mol. The van der Waals surface area contributed by atoms with E-state index >= 15 is 0 Å². The van der Waals surface area contributed by atoms with Crippen molar-refractivity contribution in [2.45, 2.75) is 20.3 Å². The Labute approximate surface area is 175 Å². The van der Waals surface area contributed by atoms with Crippen molar-refractivity contribution in [3.63, 3.8) is 0 Å². The van der Waals surface area contributed by atoms with Gasteiger partial charge in [0.2, 0.25) is 0 Å². The van der Waals surface area contributed by atoms with Crippen LogP contribution in [0.1, 0.15) is 33.5 Å². The summed E-state index contributed by atoms with van der Waals surface area (Å²) in [6.45, 7) is 6.41. The molecule has 2 heterocycles. The Morgan fingerprint density at radius 2 is 1.93 bits per heavy atom. The molecule has 0 radical (unpaired) electrons.